The summed E-state index contributed by atoms with van der Waals surface area (Å²) in [5, 5.41) is 3.40. The lowest BCUT2D eigenvalue weighted by molar-refractivity contribution is 0.271. The molecule has 0 saturated carbocycles. The summed E-state index contributed by atoms with van der Waals surface area (Å²) in [7, 11) is -2.01. The van der Waals surface area contributed by atoms with Crippen LogP contribution in [0.5, 0.6) is 5.75 Å². The molecule has 0 bridgehead atoms. The molecule has 126 valence electrons. The van der Waals surface area contributed by atoms with Crippen LogP contribution in [-0.2, 0) is 10.0 Å². The van der Waals surface area contributed by atoms with Gasteiger partial charge in [-0.05, 0) is 24.5 Å². The third-order valence-electron chi connectivity index (χ3n) is 3.66. The van der Waals surface area contributed by atoms with E-state index in [0.29, 0.717) is 31.3 Å². The van der Waals surface area contributed by atoms with Crippen LogP contribution >= 0.6 is 12.4 Å². The van der Waals surface area contributed by atoms with Crippen molar-refractivity contribution in [3.63, 3.8) is 0 Å². The standard InChI is InChI=1S/C15H24N2O3S.ClH/c1-12(2)10-13-11-17(9-8-16-13)21(18,19)15-7-5-4-6-14(15)20-3;/h4-7,12-13,16H,8-11H2,1-3H3;1H. The monoisotopic (exact) mass is 348 g/mol. The molecule has 0 spiro atoms. The molecule has 1 aliphatic rings. The summed E-state index contributed by atoms with van der Waals surface area (Å²) < 4.78 is 32.4. The Bertz CT molecular complexity index is 578. The van der Waals surface area contributed by atoms with Crippen molar-refractivity contribution in [2.24, 2.45) is 5.92 Å². The zero-order chi connectivity index (χ0) is 15.5. The van der Waals surface area contributed by atoms with Crippen LogP contribution in [0.1, 0.15) is 20.3 Å². The zero-order valence-corrected chi connectivity index (χ0v) is 14.9. The Morgan fingerprint density at radius 1 is 1.36 bits per heavy atom. The van der Waals surface area contributed by atoms with Crippen LogP contribution in [0.25, 0.3) is 0 Å². The number of para-hydroxylation sites is 1. The van der Waals surface area contributed by atoms with E-state index in [-0.39, 0.29) is 23.3 Å². The average molecular weight is 349 g/mol. The highest BCUT2D eigenvalue weighted by atomic mass is 35.5. The second-order valence-corrected chi connectivity index (χ2v) is 7.70. The summed E-state index contributed by atoms with van der Waals surface area (Å²) in [4.78, 5) is 0.248. The van der Waals surface area contributed by atoms with Gasteiger partial charge in [-0.3, -0.25) is 0 Å². The van der Waals surface area contributed by atoms with Crippen molar-refractivity contribution >= 4 is 22.4 Å². The minimum Gasteiger partial charge on any atom is -0.495 e. The predicted octanol–water partition coefficient (Wildman–Crippen LogP) is 2.13. The Morgan fingerprint density at radius 2 is 2.05 bits per heavy atom. The molecule has 1 unspecified atom stereocenters. The Morgan fingerprint density at radius 3 is 2.68 bits per heavy atom. The molecule has 7 heteroatoms. The molecule has 0 aliphatic carbocycles. The van der Waals surface area contributed by atoms with Gasteiger partial charge in [0.1, 0.15) is 10.6 Å². The van der Waals surface area contributed by atoms with Gasteiger partial charge in [-0.15, -0.1) is 12.4 Å². The molecule has 2 rings (SSSR count). The first-order chi connectivity index (χ1) is 9.95. The first-order valence-electron chi connectivity index (χ1n) is 7.31. The molecular formula is C15H25ClN2O3S. The van der Waals surface area contributed by atoms with Gasteiger partial charge in [0, 0.05) is 25.7 Å². The number of rotatable bonds is 5. The Labute approximate surface area is 139 Å². The molecule has 0 aromatic heterocycles. The fourth-order valence-electron chi connectivity index (χ4n) is 2.71. The summed E-state index contributed by atoms with van der Waals surface area (Å²) in [6, 6.07) is 7.00. The lowest BCUT2D eigenvalue weighted by atomic mass is 10.0. The van der Waals surface area contributed by atoms with Crippen molar-refractivity contribution < 1.29 is 13.2 Å². The molecule has 5 nitrogen and oxygen atoms in total. The maximum absolute atomic E-state index is 12.8. The molecular weight excluding hydrogens is 324 g/mol. The number of sulfonamides is 1. The van der Waals surface area contributed by atoms with E-state index in [1.54, 1.807) is 28.6 Å². The molecule has 1 heterocycles. The lowest BCUT2D eigenvalue weighted by Crippen LogP contribution is -2.52. The van der Waals surface area contributed by atoms with Gasteiger partial charge in [0.2, 0.25) is 10.0 Å². The molecule has 1 atom stereocenters. The molecule has 0 radical (unpaired) electrons. The topological polar surface area (TPSA) is 58.6 Å². The Kier molecular flexibility index (Phi) is 7.12. The number of ether oxygens (including phenoxy) is 1. The van der Waals surface area contributed by atoms with Crippen LogP contribution in [0.3, 0.4) is 0 Å². The largest absolute Gasteiger partial charge is 0.495 e. The van der Waals surface area contributed by atoms with Crippen molar-refractivity contribution in [1.29, 1.82) is 0 Å². The van der Waals surface area contributed by atoms with Gasteiger partial charge >= 0.3 is 0 Å². The summed E-state index contributed by atoms with van der Waals surface area (Å²) in [6.07, 6.45) is 0.970. The number of methoxy groups -OCH3 is 1. The zero-order valence-electron chi connectivity index (χ0n) is 13.3. The van der Waals surface area contributed by atoms with Crippen molar-refractivity contribution in [3.05, 3.63) is 24.3 Å². The molecule has 1 aliphatic heterocycles. The fourth-order valence-corrected chi connectivity index (χ4v) is 4.35. The van der Waals surface area contributed by atoms with Crippen molar-refractivity contribution in [2.45, 2.75) is 31.2 Å². The first-order valence-corrected chi connectivity index (χ1v) is 8.75. The maximum Gasteiger partial charge on any atom is 0.246 e. The SMILES string of the molecule is COc1ccccc1S(=O)(=O)N1CCNC(CC(C)C)C1.Cl. The number of benzene rings is 1. The number of hydrogen-bond acceptors (Lipinski definition) is 4. The summed E-state index contributed by atoms with van der Waals surface area (Å²) in [5.74, 6) is 0.938. The van der Waals surface area contributed by atoms with E-state index in [4.69, 9.17) is 4.74 Å². The highest BCUT2D eigenvalue weighted by Crippen LogP contribution is 2.27. The number of nitrogens with zero attached hydrogens (tertiary/aromatic N) is 1. The smallest absolute Gasteiger partial charge is 0.246 e. The van der Waals surface area contributed by atoms with Gasteiger partial charge < -0.3 is 10.1 Å². The van der Waals surface area contributed by atoms with Crippen molar-refractivity contribution in [1.82, 2.24) is 9.62 Å². The van der Waals surface area contributed by atoms with Crippen LogP contribution in [0.2, 0.25) is 0 Å². The van der Waals surface area contributed by atoms with Crippen LogP contribution in [-0.4, -0.2) is 45.5 Å². The normalized spacial score (nSPS) is 19.7. The molecule has 0 amide bonds. The number of piperazine rings is 1. The maximum atomic E-state index is 12.8. The predicted molar refractivity (Wildman–Crippen MR) is 90.2 cm³/mol. The van der Waals surface area contributed by atoms with E-state index in [9.17, 15) is 8.42 Å². The molecule has 1 saturated heterocycles. The van der Waals surface area contributed by atoms with Gasteiger partial charge in [-0.1, -0.05) is 26.0 Å². The van der Waals surface area contributed by atoms with Gasteiger partial charge in [0.25, 0.3) is 0 Å². The molecule has 1 aromatic rings. The van der Waals surface area contributed by atoms with Gasteiger partial charge in [0.05, 0.1) is 7.11 Å². The molecule has 1 fully saturated rings. The minimum absolute atomic E-state index is 0. The van der Waals surface area contributed by atoms with Crippen LogP contribution in [0.15, 0.2) is 29.2 Å². The summed E-state index contributed by atoms with van der Waals surface area (Å²) in [6.45, 7) is 5.99. The highest BCUT2D eigenvalue weighted by Gasteiger charge is 2.31. The molecule has 22 heavy (non-hydrogen) atoms. The second kappa shape index (κ2) is 8.15. The highest BCUT2D eigenvalue weighted by molar-refractivity contribution is 7.89. The van der Waals surface area contributed by atoms with Crippen LogP contribution in [0, 0.1) is 5.92 Å². The van der Waals surface area contributed by atoms with E-state index in [1.807, 2.05) is 0 Å². The lowest BCUT2D eigenvalue weighted by Gasteiger charge is -2.34. The van der Waals surface area contributed by atoms with E-state index < -0.39 is 10.0 Å². The number of hydrogen-bond donors (Lipinski definition) is 1. The number of halogens is 1. The van der Waals surface area contributed by atoms with Gasteiger partial charge in [-0.2, -0.15) is 4.31 Å². The minimum atomic E-state index is -3.51. The third kappa shape index (κ3) is 4.35. The third-order valence-corrected chi connectivity index (χ3v) is 5.57. The van der Waals surface area contributed by atoms with E-state index in [2.05, 4.69) is 19.2 Å². The van der Waals surface area contributed by atoms with Gasteiger partial charge in [-0.25, -0.2) is 8.42 Å². The van der Waals surface area contributed by atoms with Crippen molar-refractivity contribution in [3.8, 4) is 5.75 Å². The van der Waals surface area contributed by atoms with Crippen LogP contribution in [0.4, 0.5) is 0 Å². The molecule has 1 aromatic carbocycles. The summed E-state index contributed by atoms with van der Waals surface area (Å²) >= 11 is 0. The fraction of sp³-hybridized carbons (Fsp3) is 0.600. The van der Waals surface area contributed by atoms with E-state index >= 15 is 0 Å². The molecule has 1 N–H and O–H groups in total. The quantitative estimate of drug-likeness (QED) is 0.885. The Balaban J connectivity index is 0.00000242. The van der Waals surface area contributed by atoms with E-state index in [1.165, 1.54) is 7.11 Å². The second-order valence-electron chi connectivity index (χ2n) is 5.79. The first kappa shape index (κ1) is 19.2. The van der Waals surface area contributed by atoms with Crippen LogP contribution < -0.4 is 10.1 Å². The number of nitrogens with one attached hydrogen (secondary N) is 1. The van der Waals surface area contributed by atoms with Crippen molar-refractivity contribution in [2.75, 3.05) is 26.7 Å². The Hall–Kier alpha value is -0.820. The van der Waals surface area contributed by atoms with E-state index in [0.717, 1.165) is 6.42 Å². The average Bonchev–Trinajstić information content (AvgIpc) is 2.46. The summed E-state index contributed by atoms with van der Waals surface area (Å²) in [5.41, 5.74) is 0. The van der Waals surface area contributed by atoms with Gasteiger partial charge in [0.15, 0.2) is 0 Å².